The van der Waals surface area contributed by atoms with Crippen molar-refractivity contribution >= 4 is 28.2 Å². The molecule has 136 valence electrons. The number of carbonyl (C=O) groups is 2. The van der Waals surface area contributed by atoms with Crippen molar-refractivity contribution in [2.75, 3.05) is 19.0 Å². The maximum atomic E-state index is 12.1. The molecule has 0 spiro atoms. The molecule has 0 unspecified atom stereocenters. The molecule has 0 saturated heterocycles. The number of nitriles is 1. The first-order valence-electron chi connectivity index (χ1n) is 7.70. The van der Waals surface area contributed by atoms with Gasteiger partial charge in [-0.05, 0) is 43.0 Å². The first-order chi connectivity index (χ1) is 12.4. The molecule has 1 aromatic carbocycles. The minimum atomic E-state index is -1.03. The minimum Gasteiger partial charge on any atom is -0.493 e. The van der Waals surface area contributed by atoms with Crippen LogP contribution < -0.4 is 14.8 Å². The third-order valence-electron chi connectivity index (χ3n) is 3.36. The highest BCUT2D eigenvalue weighted by molar-refractivity contribution is 7.14. The van der Waals surface area contributed by atoms with Gasteiger partial charge in [0, 0.05) is 0 Å². The number of methoxy groups -OCH3 is 1. The van der Waals surface area contributed by atoms with Gasteiger partial charge >= 0.3 is 5.97 Å². The predicted molar refractivity (Wildman–Crippen MR) is 96.4 cm³/mol. The monoisotopic (exact) mass is 374 g/mol. The van der Waals surface area contributed by atoms with Crippen LogP contribution >= 0.6 is 11.3 Å². The first-order valence-corrected chi connectivity index (χ1v) is 8.58. The van der Waals surface area contributed by atoms with Crippen LogP contribution in [0.4, 0.5) is 5.00 Å². The van der Waals surface area contributed by atoms with Crippen LogP contribution in [0.3, 0.4) is 0 Å². The van der Waals surface area contributed by atoms with Gasteiger partial charge in [0.25, 0.3) is 5.91 Å². The predicted octanol–water partition coefficient (Wildman–Crippen LogP) is 2.89. The number of benzene rings is 1. The van der Waals surface area contributed by atoms with E-state index < -0.39 is 18.0 Å². The molecule has 7 nitrogen and oxygen atoms in total. The summed E-state index contributed by atoms with van der Waals surface area (Å²) in [7, 11) is 1.51. The maximum absolute atomic E-state index is 12.1. The number of hydrogen-bond donors (Lipinski definition) is 1. The van der Waals surface area contributed by atoms with Crippen LogP contribution in [0.5, 0.6) is 11.5 Å². The van der Waals surface area contributed by atoms with Gasteiger partial charge < -0.3 is 19.5 Å². The topological polar surface area (TPSA) is 97.7 Å². The van der Waals surface area contributed by atoms with E-state index in [0.29, 0.717) is 22.1 Å². The van der Waals surface area contributed by atoms with Gasteiger partial charge in [0.2, 0.25) is 0 Å². The van der Waals surface area contributed by atoms with Crippen LogP contribution in [0.2, 0.25) is 0 Å². The van der Waals surface area contributed by atoms with Crippen molar-refractivity contribution in [3.63, 3.8) is 0 Å². The minimum absolute atomic E-state index is 0.358. The van der Waals surface area contributed by atoms with E-state index in [1.807, 2.05) is 19.1 Å². The Hall–Kier alpha value is -3.05. The van der Waals surface area contributed by atoms with E-state index >= 15 is 0 Å². The average Bonchev–Trinajstić information content (AvgIpc) is 3.07. The van der Waals surface area contributed by atoms with Gasteiger partial charge in [-0.1, -0.05) is 6.07 Å². The fraction of sp³-hybridized carbons (Fsp3) is 0.278. The first kappa shape index (κ1) is 19.3. The number of aryl methyl sites for hydroxylation is 1. The zero-order valence-electron chi connectivity index (χ0n) is 14.6. The Bertz CT molecular complexity index is 840. The van der Waals surface area contributed by atoms with Crippen molar-refractivity contribution in [2.45, 2.75) is 20.0 Å². The fourth-order valence-corrected chi connectivity index (χ4v) is 2.76. The van der Waals surface area contributed by atoms with Crippen molar-refractivity contribution in [2.24, 2.45) is 0 Å². The van der Waals surface area contributed by atoms with Crippen LogP contribution in [0.1, 0.15) is 18.1 Å². The molecule has 1 heterocycles. The average molecular weight is 374 g/mol. The molecule has 0 radical (unpaired) electrons. The lowest BCUT2D eigenvalue weighted by Crippen LogP contribution is -2.31. The molecule has 1 atom stereocenters. The molecule has 0 bridgehead atoms. The van der Waals surface area contributed by atoms with Crippen molar-refractivity contribution in [3.05, 3.63) is 40.8 Å². The molecule has 1 N–H and O–H groups in total. The molecule has 26 heavy (non-hydrogen) atoms. The number of nitrogens with zero attached hydrogens (tertiary/aromatic N) is 1. The second-order valence-electron chi connectivity index (χ2n) is 5.34. The van der Waals surface area contributed by atoms with E-state index in [0.717, 1.165) is 5.56 Å². The Morgan fingerprint density at radius 1 is 1.31 bits per heavy atom. The van der Waals surface area contributed by atoms with E-state index in [9.17, 15) is 9.59 Å². The highest BCUT2D eigenvalue weighted by Gasteiger charge is 2.20. The Kier molecular flexibility index (Phi) is 6.58. The van der Waals surface area contributed by atoms with E-state index in [4.69, 9.17) is 19.5 Å². The van der Waals surface area contributed by atoms with Crippen LogP contribution in [0, 0.1) is 18.3 Å². The van der Waals surface area contributed by atoms with Gasteiger partial charge in [-0.3, -0.25) is 4.79 Å². The Balaban J connectivity index is 1.87. The summed E-state index contributed by atoms with van der Waals surface area (Å²) in [5.74, 6) is -0.304. The smallest absolute Gasteiger partial charge is 0.344 e. The van der Waals surface area contributed by atoms with Crippen LogP contribution in [0.25, 0.3) is 0 Å². The SMILES string of the molecule is COc1cc(C)ccc1OCC(=O)O[C@H](C)C(=O)Nc1sccc1C#N. The number of carbonyl (C=O) groups excluding carboxylic acids is 2. The summed E-state index contributed by atoms with van der Waals surface area (Å²) in [4.78, 5) is 24.0. The summed E-state index contributed by atoms with van der Waals surface area (Å²) in [6.07, 6.45) is -1.03. The molecule has 0 aliphatic carbocycles. The molecular formula is C18H18N2O5S. The zero-order chi connectivity index (χ0) is 19.1. The summed E-state index contributed by atoms with van der Waals surface area (Å²) < 4.78 is 15.6. The third-order valence-corrected chi connectivity index (χ3v) is 4.19. The molecule has 0 fully saturated rings. The van der Waals surface area contributed by atoms with Crippen LogP contribution in [0.15, 0.2) is 29.6 Å². The second kappa shape index (κ2) is 8.87. The summed E-state index contributed by atoms with van der Waals surface area (Å²) in [6, 6.07) is 8.87. The Labute approximate surface area is 155 Å². The van der Waals surface area contributed by atoms with E-state index in [-0.39, 0.29) is 6.61 Å². The van der Waals surface area contributed by atoms with Gasteiger partial charge in [0.1, 0.15) is 11.1 Å². The number of amides is 1. The Morgan fingerprint density at radius 2 is 2.08 bits per heavy atom. The lowest BCUT2D eigenvalue weighted by atomic mass is 10.2. The van der Waals surface area contributed by atoms with Crippen LogP contribution in [-0.2, 0) is 14.3 Å². The van der Waals surface area contributed by atoms with E-state index in [1.54, 1.807) is 23.6 Å². The van der Waals surface area contributed by atoms with Crippen molar-refractivity contribution in [1.82, 2.24) is 0 Å². The number of ether oxygens (including phenoxy) is 3. The van der Waals surface area contributed by atoms with E-state index in [2.05, 4.69) is 5.32 Å². The lowest BCUT2D eigenvalue weighted by molar-refractivity contribution is -0.155. The zero-order valence-corrected chi connectivity index (χ0v) is 15.4. The Morgan fingerprint density at radius 3 is 2.77 bits per heavy atom. The maximum Gasteiger partial charge on any atom is 0.344 e. The number of nitrogens with one attached hydrogen (secondary N) is 1. The summed E-state index contributed by atoms with van der Waals surface area (Å²) in [5, 5.41) is 13.6. The molecular weight excluding hydrogens is 356 g/mol. The fourth-order valence-electron chi connectivity index (χ4n) is 2.02. The van der Waals surface area contributed by atoms with E-state index in [1.165, 1.54) is 25.4 Å². The van der Waals surface area contributed by atoms with Crippen molar-refractivity contribution < 1.29 is 23.8 Å². The van der Waals surface area contributed by atoms with Crippen molar-refractivity contribution in [3.8, 4) is 17.6 Å². The van der Waals surface area contributed by atoms with Crippen molar-refractivity contribution in [1.29, 1.82) is 5.26 Å². The molecule has 8 heteroatoms. The quantitative estimate of drug-likeness (QED) is 0.749. The molecule has 0 aliphatic rings. The van der Waals surface area contributed by atoms with Crippen LogP contribution in [-0.4, -0.2) is 31.7 Å². The van der Waals surface area contributed by atoms with Gasteiger partial charge in [0.15, 0.2) is 24.2 Å². The highest BCUT2D eigenvalue weighted by Crippen LogP contribution is 2.27. The summed E-state index contributed by atoms with van der Waals surface area (Å²) in [5.41, 5.74) is 1.35. The third kappa shape index (κ3) is 4.97. The van der Waals surface area contributed by atoms with Gasteiger partial charge in [-0.15, -0.1) is 11.3 Å². The second-order valence-corrected chi connectivity index (χ2v) is 6.26. The van der Waals surface area contributed by atoms with Gasteiger partial charge in [-0.2, -0.15) is 5.26 Å². The highest BCUT2D eigenvalue weighted by atomic mass is 32.1. The number of thiophene rings is 1. The molecule has 0 saturated carbocycles. The lowest BCUT2D eigenvalue weighted by Gasteiger charge is -2.14. The molecule has 1 amide bonds. The molecule has 2 aromatic rings. The summed E-state index contributed by atoms with van der Waals surface area (Å²) >= 11 is 1.22. The van der Waals surface area contributed by atoms with Gasteiger partial charge in [0.05, 0.1) is 12.7 Å². The number of anilines is 1. The normalized spacial score (nSPS) is 11.2. The van der Waals surface area contributed by atoms with Gasteiger partial charge in [-0.25, -0.2) is 4.79 Å². The molecule has 0 aliphatic heterocycles. The molecule has 1 aromatic heterocycles. The number of hydrogen-bond acceptors (Lipinski definition) is 7. The summed E-state index contributed by atoms with van der Waals surface area (Å²) in [6.45, 7) is 2.99. The molecule has 2 rings (SSSR count). The largest absolute Gasteiger partial charge is 0.493 e. The number of esters is 1. The standard InChI is InChI=1S/C18H18N2O5S/c1-11-4-5-14(15(8-11)23-3)24-10-16(21)25-12(2)17(22)20-18-13(9-19)6-7-26-18/h4-8,12H,10H2,1-3H3,(H,20,22)/t12-/m1/s1. The number of rotatable bonds is 7.